The van der Waals surface area contributed by atoms with Gasteiger partial charge in [0, 0.05) is 11.4 Å². The predicted octanol–water partition coefficient (Wildman–Crippen LogP) is 3.06. The Hall–Kier alpha value is -0.870. The minimum atomic E-state index is -0.241. The Labute approximate surface area is 118 Å². The van der Waals surface area contributed by atoms with Crippen molar-refractivity contribution in [2.45, 2.75) is 51.2 Å². The Morgan fingerprint density at radius 3 is 2.95 bits per heavy atom. The molecule has 1 unspecified atom stereocenters. The summed E-state index contributed by atoms with van der Waals surface area (Å²) in [5.41, 5.74) is 1.13. The van der Waals surface area contributed by atoms with Crippen LogP contribution >= 0.6 is 11.3 Å². The summed E-state index contributed by atoms with van der Waals surface area (Å²) in [4.78, 5) is 13.7. The maximum atomic E-state index is 12.3. The van der Waals surface area contributed by atoms with Gasteiger partial charge in [0.2, 0.25) is 0 Å². The smallest absolute Gasteiger partial charge is 0.328 e. The lowest BCUT2D eigenvalue weighted by molar-refractivity contribution is -0.153. The van der Waals surface area contributed by atoms with Crippen molar-refractivity contribution in [1.82, 2.24) is 5.32 Å². The number of nitrogens with one attached hydrogen (secondary N) is 1. The van der Waals surface area contributed by atoms with E-state index in [0.717, 1.165) is 37.3 Å². The number of ether oxygens (including phenoxy) is 1. The summed E-state index contributed by atoms with van der Waals surface area (Å²) in [6, 6.07) is 1.82. The lowest BCUT2D eigenvalue weighted by Gasteiger charge is -2.29. The van der Waals surface area contributed by atoms with E-state index in [1.54, 1.807) is 11.3 Å². The highest BCUT2D eigenvalue weighted by atomic mass is 32.1. The van der Waals surface area contributed by atoms with Crippen molar-refractivity contribution in [2.75, 3.05) is 6.54 Å². The molecule has 0 aromatic carbocycles. The SMILES string of the molecule is CC1CCC(OC(=O)C2NCCc3sccc32)CC1. The molecule has 104 valence electrons. The van der Waals surface area contributed by atoms with Gasteiger partial charge >= 0.3 is 5.97 Å². The summed E-state index contributed by atoms with van der Waals surface area (Å²) in [5.74, 6) is 0.699. The van der Waals surface area contributed by atoms with Gasteiger partial charge in [0.05, 0.1) is 0 Å². The van der Waals surface area contributed by atoms with Gasteiger partial charge in [-0.3, -0.25) is 0 Å². The maximum absolute atomic E-state index is 12.3. The molecule has 1 atom stereocenters. The fourth-order valence-corrected chi connectivity index (χ4v) is 3.96. The topological polar surface area (TPSA) is 38.3 Å². The fraction of sp³-hybridized carbons (Fsp3) is 0.667. The number of rotatable bonds is 2. The number of carbonyl (C=O) groups excluding carboxylic acids is 1. The first-order valence-electron chi connectivity index (χ1n) is 7.24. The van der Waals surface area contributed by atoms with Crippen molar-refractivity contribution in [3.8, 4) is 0 Å². The molecule has 4 heteroatoms. The van der Waals surface area contributed by atoms with Crippen molar-refractivity contribution in [3.05, 3.63) is 21.9 Å². The summed E-state index contributed by atoms with van der Waals surface area (Å²) in [6.07, 6.45) is 5.57. The lowest BCUT2D eigenvalue weighted by atomic mass is 9.89. The molecule has 1 N–H and O–H groups in total. The summed E-state index contributed by atoms with van der Waals surface area (Å²) >= 11 is 1.75. The third kappa shape index (κ3) is 2.84. The second kappa shape index (κ2) is 5.63. The van der Waals surface area contributed by atoms with E-state index in [0.29, 0.717) is 0 Å². The Morgan fingerprint density at radius 2 is 2.16 bits per heavy atom. The van der Waals surface area contributed by atoms with Crippen LogP contribution in [0.15, 0.2) is 11.4 Å². The Kier molecular flexibility index (Phi) is 3.89. The summed E-state index contributed by atoms with van der Waals surface area (Å²) in [7, 11) is 0. The predicted molar refractivity (Wildman–Crippen MR) is 76.3 cm³/mol. The number of hydrogen-bond acceptors (Lipinski definition) is 4. The van der Waals surface area contributed by atoms with Gasteiger partial charge in [0.1, 0.15) is 12.1 Å². The average Bonchev–Trinajstić information content (AvgIpc) is 2.89. The number of thiophene rings is 1. The molecule has 1 aliphatic carbocycles. The van der Waals surface area contributed by atoms with Gasteiger partial charge < -0.3 is 10.1 Å². The molecular formula is C15H21NO2S. The van der Waals surface area contributed by atoms with Crippen LogP contribution in [0.25, 0.3) is 0 Å². The molecular weight excluding hydrogens is 258 g/mol. The highest BCUT2D eigenvalue weighted by Crippen LogP contribution is 2.30. The normalized spacial score (nSPS) is 30.7. The van der Waals surface area contributed by atoms with Crippen molar-refractivity contribution in [2.24, 2.45) is 5.92 Å². The largest absolute Gasteiger partial charge is 0.461 e. The zero-order chi connectivity index (χ0) is 13.2. The number of hydrogen-bond donors (Lipinski definition) is 1. The molecule has 1 fully saturated rings. The molecule has 19 heavy (non-hydrogen) atoms. The average molecular weight is 279 g/mol. The molecule has 2 aliphatic rings. The van der Waals surface area contributed by atoms with E-state index in [2.05, 4.69) is 23.7 Å². The first kappa shape index (κ1) is 13.1. The molecule has 1 aliphatic heterocycles. The molecule has 0 bridgehead atoms. The monoisotopic (exact) mass is 279 g/mol. The standard InChI is InChI=1S/C15H21NO2S/c1-10-2-4-11(5-3-10)18-15(17)14-12-7-9-19-13(12)6-8-16-14/h7,9-11,14,16H,2-6,8H2,1H3. The number of esters is 1. The summed E-state index contributed by atoms with van der Waals surface area (Å²) in [6.45, 7) is 3.15. The molecule has 0 spiro atoms. The van der Waals surface area contributed by atoms with Crippen molar-refractivity contribution in [3.63, 3.8) is 0 Å². The lowest BCUT2D eigenvalue weighted by Crippen LogP contribution is -2.37. The van der Waals surface area contributed by atoms with E-state index < -0.39 is 0 Å². The van der Waals surface area contributed by atoms with Crippen LogP contribution in [0, 0.1) is 5.92 Å². The molecule has 1 saturated carbocycles. The van der Waals surface area contributed by atoms with Crippen molar-refractivity contribution in [1.29, 1.82) is 0 Å². The third-order valence-corrected chi connectivity index (χ3v) is 5.27. The second-order valence-electron chi connectivity index (χ2n) is 5.76. The van der Waals surface area contributed by atoms with E-state index in [1.165, 1.54) is 17.7 Å². The van der Waals surface area contributed by atoms with Gasteiger partial charge in [-0.2, -0.15) is 0 Å². The van der Waals surface area contributed by atoms with Crippen LogP contribution in [-0.2, 0) is 16.0 Å². The van der Waals surface area contributed by atoms with Gasteiger partial charge in [-0.1, -0.05) is 6.92 Å². The highest BCUT2D eigenvalue weighted by Gasteiger charge is 2.30. The summed E-state index contributed by atoms with van der Waals surface area (Å²) in [5, 5.41) is 5.36. The Morgan fingerprint density at radius 1 is 1.37 bits per heavy atom. The van der Waals surface area contributed by atoms with E-state index in [4.69, 9.17) is 4.74 Å². The molecule has 3 rings (SSSR count). The van der Waals surface area contributed by atoms with Crippen LogP contribution in [0.5, 0.6) is 0 Å². The first-order valence-corrected chi connectivity index (χ1v) is 8.12. The molecule has 3 nitrogen and oxygen atoms in total. The highest BCUT2D eigenvalue weighted by molar-refractivity contribution is 7.10. The molecule has 1 aromatic heterocycles. The van der Waals surface area contributed by atoms with Gasteiger partial charge in [0.15, 0.2) is 0 Å². The van der Waals surface area contributed by atoms with Gasteiger partial charge in [-0.25, -0.2) is 4.79 Å². The van der Waals surface area contributed by atoms with Crippen LogP contribution in [-0.4, -0.2) is 18.6 Å². The van der Waals surface area contributed by atoms with Crippen molar-refractivity contribution >= 4 is 17.3 Å². The Balaban J connectivity index is 1.63. The van der Waals surface area contributed by atoms with Gasteiger partial charge in [-0.05, 0) is 55.0 Å². The minimum Gasteiger partial charge on any atom is -0.461 e. The van der Waals surface area contributed by atoms with Gasteiger partial charge in [0.25, 0.3) is 0 Å². The van der Waals surface area contributed by atoms with E-state index in [9.17, 15) is 4.79 Å². The van der Waals surface area contributed by atoms with Crippen LogP contribution < -0.4 is 5.32 Å². The molecule has 0 saturated heterocycles. The van der Waals surface area contributed by atoms with Crippen LogP contribution in [0.1, 0.15) is 49.1 Å². The Bertz CT molecular complexity index is 449. The quantitative estimate of drug-likeness (QED) is 0.846. The van der Waals surface area contributed by atoms with Crippen LogP contribution in [0.3, 0.4) is 0 Å². The second-order valence-corrected chi connectivity index (χ2v) is 6.76. The number of fused-ring (bicyclic) bond motifs is 1. The van der Waals surface area contributed by atoms with Crippen molar-refractivity contribution < 1.29 is 9.53 Å². The zero-order valence-corrected chi connectivity index (χ0v) is 12.2. The first-order chi connectivity index (χ1) is 9.24. The van der Waals surface area contributed by atoms with E-state index in [1.807, 2.05) is 0 Å². The van der Waals surface area contributed by atoms with Gasteiger partial charge in [-0.15, -0.1) is 11.3 Å². The van der Waals surface area contributed by atoms with Crippen LogP contribution in [0.2, 0.25) is 0 Å². The van der Waals surface area contributed by atoms with E-state index in [-0.39, 0.29) is 18.1 Å². The maximum Gasteiger partial charge on any atom is 0.328 e. The fourth-order valence-electron chi connectivity index (χ4n) is 3.04. The summed E-state index contributed by atoms with van der Waals surface area (Å²) < 4.78 is 5.71. The zero-order valence-electron chi connectivity index (χ0n) is 11.4. The number of carbonyl (C=O) groups is 1. The molecule has 2 heterocycles. The molecule has 0 radical (unpaired) electrons. The minimum absolute atomic E-state index is 0.0843. The molecule has 0 amide bonds. The van der Waals surface area contributed by atoms with Crippen LogP contribution in [0.4, 0.5) is 0 Å². The molecule has 1 aromatic rings. The third-order valence-electron chi connectivity index (χ3n) is 4.27. The van der Waals surface area contributed by atoms with E-state index >= 15 is 0 Å².